The molecule has 7 nitrogen and oxygen atoms in total. The van der Waals surface area contributed by atoms with Crippen LogP contribution in [0.3, 0.4) is 0 Å². The third-order valence-electron chi connectivity index (χ3n) is 3.90. The van der Waals surface area contributed by atoms with Crippen LogP contribution in [0.5, 0.6) is 0 Å². The number of hydrogen-bond donors (Lipinski definition) is 1. The molecule has 1 aromatic heterocycles. The molecule has 1 aliphatic heterocycles. The van der Waals surface area contributed by atoms with Gasteiger partial charge in [0, 0.05) is 13.1 Å². The number of amides is 1. The number of carbonyl (C=O) groups excluding carboxylic acids is 1. The normalized spacial score (nSPS) is 19.0. The highest BCUT2D eigenvalue weighted by molar-refractivity contribution is 5.95. The van der Waals surface area contributed by atoms with Crippen molar-refractivity contribution in [3.05, 3.63) is 17.5 Å². The minimum atomic E-state index is -0.918. The van der Waals surface area contributed by atoms with Gasteiger partial charge in [0.25, 0.3) is 5.91 Å². The van der Waals surface area contributed by atoms with Crippen LogP contribution in [-0.4, -0.2) is 57.5 Å². The molecule has 2 rings (SSSR count). The van der Waals surface area contributed by atoms with Crippen LogP contribution in [0, 0.1) is 0 Å². The van der Waals surface area contributed by atoms with E-state index in [1.807, 2.05) is 32.4 Å². The van der Waals surface area contributed by atoms with Gasteiger partial charge in [-0.25, -0.2) is 0 Å². The monoisotopic (exact) mass is 323 g/mol. The van der Waals surface area contributed by atoms with E-state index in [2.05, 4.69) is 5.10 Å². The number of carboxylic acids is 1. The molecule has 1 fully saturated rings. The van der Waals surface area contributed by atoms with Gasteiger partial charge in [0.2, 0.25) is 0 Å². The van der Waals surface area contributed by atoms with Crippen molar-refractivity contribution in [2.75, 3.05) is 19.7 Å². The van der Waals surface area contributed by atoms with Crippen molar-refractivity contribution in [3.8, 4) is 0 Å². The largest absolute Gasteiger partial charge is 0.481 e. The van der Waals surface area contributed by atoms with E-state index in [1.54, 1.807) is 11.1 Å². The van der Waals surface area contributed by atoms with Gasteiger partial charge in [-0.2, -0.15) is 5.10 Å². The zero-order valence-electron chi connectivity index (χ0n) is 14.2. The Hall–Kier alpha value is -1.89. The van der Waals surface area contributed by atoms with Crippen molar-refractivity contribution in [1.82, 2.24) is 14.7 Å². The van der Waals surface area contributed by atoms with Gasteiger partial charge in [-0.1, -0.05) is 6.92 Å². The molecule has 0 aromatic carbocycles. The lowest BCUT2D eigenvalue weighted by Gasteiger charge is -2.32. The first-order valence-electron chi connectivity index (χ1n) is 7.94. The van der Waals surface area contributed by atoms with Crippen LogP contribution in [0.4, 0.5) is 0 Å². The summed E-state index contributed by atoms with van der Waals surface area (Å²) < 4.78 is 7.31. The maximum absolute atomic E-state index is 12.8. The van der Waals surface area contributed by atoms with Crippen molar-refractivity contribution in [2.45, 2.75) is 52.2 Å². The third kappa shape index (κ3) is 3.90. The molecule has 1 atom stereocenters. The molecule has 0 unspecified atom stereocenters. The summed E-state index contributed by atoms with van der Waals surface area (Å²) in [4.78, 5) is 25.3. The van der Waals surface area contributed by atoms with Crippen LogP contribution in [0.1, 0.15) is 50.2 Å². The number of morpholine rings is 1. The van der Waals surface area contributed by atoms with Crippen molar-refractivity contribution in [1.29, 1.82) is 0 Å². The third-order valence-corrected chi connectivity index (χ3v) is 3.90. The molecular weight excluding hydrogens is 298 g/mol. The number of nitrogens with zero attached hydrogens (tertiary/aromatic N) is 3. The van der Waals surface area contributed by atoms with E-state index in [-0.39, 0.29) is 17.9 Å². The number of carboxylic acid groups (broad SMARTS) is 1. The Morgan fingerprint density at radius 2 is 2.13 bits per heavy atom. The molecule has 7 heteroatoms. The lowest BCUT2D eigenvalue weighted by atomic mass is 10.1. The van der Waals surface area contributed by atoms with Crippen LogP contribution in [0.25, 0.3) is 0 Å². The Bertz CT molecular complexity index is 589. The van der Waals surface area contributed by atoms with Crippen LogP contribution >= 0.6 is 0 Å². The fraction of sp³-hybridized carbons (Fsp3) is 0.688. The Kier molecular flexibility index (Phi) is 5.09. The number of aromatic nitrogens is 2. The number of ether oxygens (including phenoxy) is 1. The second-order valence-corrected chi connectivity index (χ2v) is 6.78. The van der Waals surface area contributed by atoms with Crippen LogP contribution < -0.4 is 0 Å². The summed E-state index contributed by atoms with van der Waals surface area (Å²) in [5, 5.41) is 13.3. The molecule has 1 amide bonds. The first-order valence-corrected chi connectivity index (χ1v) is 7.94. The maximum atomic E-state index is 12.8. The molecule has 0 radical (unpaired) electrons. The summed E-state index contributed by atoms with van der Waals surface area (Å²) in [5.41, 5.74) is 1.31. The Balaban J connectivity index is 2.20. The molecule has 0 bridgehead atoms. The molecule has 0 spiro atoms. The van der Waals surface area contributed by atoms with E-state index < -0.39 is 12.1 Å². The number of carbonyl (C=O) groups is 2. The quantitative estimate of drug-likeness (QED) is 0.908. The van der Waals surface area contributed by atoms with Crippen LogP contribution in [-0.2, 0) is 21.5 Å². The van der Waals surface area contributed by atoms with Crippen LogP contribution in [0.2, 0.25) is 0 Å². The second kappa shape index (κ2) is 6.70. The first kappa shape index (κ1) is 17.5. The van der Waals surface area contributed by atoms with Gasteiger partial charge in [-0.15, -0.1) is 0 Å². The van der Waals surface area contributed by atoms with Gasteiger partial charge in [-0.3, -0.25) is 14.3 Å². The minimum absolute atomic E-state index is 0.0916. The average molecular weight is 323 g/mol. The van der Waals surface area contributed by atoms with E-state index in [9.17, 15) is 9.59 Å². The van der Waals surface area contributed by atoms with Crippen LogP contribution in [0.15, 0.2) is 6.20 Å². The highest BCUT2D eigenvalue weighted by Crippen LogP contribution is 2.22. The predicted molar refractivity (Wildman–Crippen MR) is 84.5 cm³/mol. The predicted octanol–water partition coefficient (Wildman–Crippen LogP) is 1.52. The van der Waals surface area contributed by atoms with Crippen molar-refractivity contribution in [2.24, 2.45) is 0 Å². The fourth-order valence-electron chi connectivity index (χ4n) is 2.86. The summed E-state index contributed by atoms with van der Waals surface area (Å²) in [5.74, 6) is -1.02. The van der Waals surface area contributed by atoms with Gasteiger partial charge in [0.15, 0.2) is 0 Å². The first-order chi connectivity index (χ1) is 10.7. The smallest absolute Gasteiger partial charge is 0.306 e. The number of hydrogen-bond acceptors (Lipinski definition) is 4. The molecule has 1 aliphatic rings. The minimum Gasteiger partial charge on any atom is -0.481 e. The van der Waals surface area contributed by atoms with E-state index in [0.717, 1.165) is 5.69 Å². The van der Waals surface area contributed by atoms with E-state index in [1.165, 1.54) is 0 Å². The average Bonchev–Trinajstić information content (AvgIpc) is 2.89. The Morgan fingerprint density at radius 1 is 1.43 bits per heavy atom. The summed E-state index contributed by atoms with van der Waals surface area (Å²) >= 11 is 0. The lowest BCUT2D eigenvalue weighted by Crippen LogP contribution is -2.46. The molecule has 1 N–H and O–H groups in total. The lowest BCUT2D eigenvalue weighted by molar-refractivity contribution is -0.141. The van der Waals surface area contributed by atoms with Crippen molar-refractivity contribution in [3.63, 3.8) is 0 Å². The Morgan fingerprint density at radius 3 is 2.70 bits per heavy atom. The summed E-state index contributed by atoms with van der Waals surface area (Å²) in [7, 11) is 0. The summed E-state index contributed by atoms with van der Waals surface area (Å²) in [6, 6.07) is 0. The van der Waals surface area contributed by atoms with Gasteiger partial charge >= 0.3 is 5.97 Å². The fourth-order valence-corrected chi connectivity index (χ4v) is 2.86. The SMILES string of the molecule is CCc1c(C(=O)N2CCO[C@H](CC(=O)O)C2)cnn1C(C)(C)C. The molecular formula is C16H25N3O4. The second-order valence-electron chi connectivity index (χ2n) is 6.78. The molecule has 0 aliphatic carbocycles. The Labute approximate surface area is 136 Å². The molecule has 0 saturated carbocycles. The van der Waals surface area contributed by atoms with Gasteiger partial charge in [0.05, 0.1) is 42.1 Å². The summed E-state index contributed by atoms with van der Waals surface area (Å²) in [6.45, 7) is 9.27. The number of aliphatic carboxylic acids is 1. The molecule has 1 aromatic rings. The van der Waals surface area contributed by atoms with Gasteiger partial charge in [-0.05, 0) is 27.2 Å². The zero-order chi connectivity index (χ0) is 17.2. The molecule has 23 heavy (non-hydrogen) atoms. The highest BCUT2D eigenvalue weighted by atomic mass is 16.5. The number of rotatable bonds is 4. The van der Waals surface area contributed by atoms with Crippen molar-refractivity contribution < 1.29 is 19.4 Å². The van der Waals surface area contributed by atoms with E-state index in [4.69, 9.17) is 9.84 Å². The standard InChI is InChI=1S/C16H25N3O4/c1-5-13-12(9-17-19(13)16(2,3)4)15(22)18-6-7-23-11(10-18)8-14(20)21/h9,11H,5-8,10H2,1-4H3,(H,20,21)/t11-/m1/s1. The van der Waals surface area contributed by atoms with E-state index >= 15 is 0 Å². The van der Waals surface area contributed by atoms with E-state index in [0.29, 0.717) is 31.7 Å². The highest BCUT2D eigenvalue weighted by Gasteiger charge is 2.30. The maximum Gasteiger partial charge on any atom is 0.306 e. The van der Waals surface area contributed by atoms with Gasteiger partial charge < -0.3 is 14.7 Å². The molecule has 1 saturated heterocycles. The van der Waals surface area contributed by atoms with Crippen molar-refractivity contribution >= 4 is 11.9 Å². The summed E-state index contributed by atoms with van der Waals surface area (Å²) in [6.07, 6.45) is 1.79. The molecule has 128 valence electrons. The topological polar surface area (TPSA) is 84.7 Å². The van der Waals surface area contributed by atoms with Gasteiger partial charge in [0.1, 0.15) is 0 Å². The molecule has 2 heterocycles. The zero-order valence-corrected chi connectivity index (χ0v) is 14.2.